The zero-order chi connectivity index (χ0) is 18.4. The van der Waals surface area contributed by atoms with Gasteiger partial charge in [-0.25, -0.2) is 4.98 Å². The number of hydrogen-bond donors (Lipinski definition) is 1. The molecule has 0 aliphatic heterocycles. The first kappa shape index (κ1) is 18.9. The Labute approximate surface area is 160 Å². The molecular weight excluding hydrogens is 372 g/mol. The number of nitrogens with one attached hydrogen (secondary N) is 1. The number of rotatable bonds is 9. The zero-order valence-corrected chi connectivity index (χ0v) is 16.1. The van der Waals surface area contributed by atoms with Crippen LogP contribution in [-0.4, -0.2) is 39.2 Å². The quantitative estimate of drug-likeness (QED) is 0.342. The Morgan fingerprint density at radius 1 is 1.35 bits per heavy atom. The smallest absolute Gasteiger partial charge is 0.262 e. The van der Waals surface area contributed by atoms with Crippen LogP contribution in [0.2, 0.25) is 5.02 Å². The molecular formula is C18H21ClN4O2S. The van der Waals surface area contributed by atoms with Gasteiger partial charge in [0.1, 0.15) is 0 Å². The number of aryl methyl sites for hydroxylation is 1. The summed E-state index contributed by atoms with van der Waals surface area (Å²) in [5.41, 5.74) is 1.80. The minimum Gasteiger partial charge on any atom is -0.385 e. The second-order valence-electron chi connectivity index (χ2n) is 5.92. The van der Waals surface area contributed by atoms with E-state index in [0.717, 1.165) is 30.2 Å². The van der Waals surface area contributed by atoms with Gasteiger partial charge in [0.25, 0.3) is 5.56 Å². The molecule has 0 atom stereocenters. The summed E-state index contributed by atoms with van der Waals surface area (Å²) in [4.78, 5) is 17.6. The number of halogens is 1. The lowest BCUT2D eigenvalue weighted by Gasteiger charge is -2.13. The van der Waals surface area contributed by atoms with E-state index in [-0.39, 0.29) is 5.56 Å². The van der Waals surface area contributed by atoms with Gasteiger partial charge in [-0.3, -0.25) is 14.5 Å². The van der Waals surface area contributed by atoms with Crippen molar-refractivity contribution in [3.05, 3.63) is 51.5 Å². The standard InChI is InChI=1S/C18H21ClN4O2S/c1-25-8-3-7-23-17(24)15-6-5-14(19)10-16(15)22-18(23)26-9-2-4-13-11-20-21-12-13/h5-6,10-12H,2-4,7-9H2,1H3,(H,20,21). The number of aromatic nitrogens is 4. The number of thioether (sulfide) groups is 1. The van der Waals surface area contributed by atoms with Gasteiger partial charge in [-0.2, -0.15) is 5.10 Å². The van der Waals surface area contributed by atoms with Crippen molar-refractivity contribution in [3.63, 3.8) is 0 Å². The summed E-state index contributed by atoms with van der Waals surface area (Å²) in [7, 11) is 1.66. The number of benzene rings is 1. The Morgan fingerprint density at radius 3 is 3.00 bits per heavy atom. The Kier molecular flexibility index (Phi) is 6.71. The van der Waals surface area contributed by atoms with Gasteiger partial charge in [-0.1, -0.05) is 23.4 Å². The van der Waals surface area contributed by atoms with E-state index >= 15 is 0 Å². The van der Waals surface area contributed by atoms with Crippen molar-refractivity contribution < 1.29 is 4.74 Å². The Balaban J connectivity index is 1.80. The second-order valence-corrected chi connectivity index (χ2v) is 7.42. The number of methoxy groups -OCH3 is 1. The molecule has 3 aromatic rings. The van der Waals surface area contributed by atoms with Crippen LogP contribution in [0.1, 0.15) is 18.4 Å². The van der Waals surface area contributed by atoms with Crippen molar-refractivity contribution in [1.29, 1.82) is 0 Å². The molecule has 0 aliphatic carbocycles. The van der Waals surface area contributed by atoms with Crippen LogP contribution in [-0.2, 0) is 17.7 Å². The van der Waals surface area contributed by atoms with Crippen molar-refractivity contribution in [2.24, 2.45) is 0 Å². The van der Waals surface area contributed by atoms with Crippen LogP contribution in [0.5, 0.6) is 0 Å². The first-order valence-electron chi connectivity index (χ1n) is 8.48. The molecule has 26 heavy (non-hydrogen) atoms. The van der Waals surface area contributed by atoms with Crippen molar-refractivity contribution in [3.8, 4) is 0 Å². The van der Waals surface area contributed by atoms with E-state index in [1.807, 2.05) is 12.4 Å². The van der Waals surface area contributed by atoms with E-state index in [0.29, 0.717) is 29.1 Å². The first-order valence-corrected chi connectivity index (χ1v) is 9.85. The maximum absolute atomic E-state index is 12.9. The number of ether oxygens (including phenoxy) is 1. The topological polar surface area (TPSA) is 72.8 Å². The number of hydrogen-bond acceptors (Lipinski definition) is 5. The molecule has 0 bridgehead atoms. The van der Waals surface area contributed by atoms with E-state index in [4.69, 9.17) is 21.3 Å². The van der Waals surface area contributed by atoms with E-state index in [2.05, 4.69) is 10.2 Å². The average molecular weight is 393 g/mol. The number of fused-ring (bicyclic) bond motifs is 1. The Morgan fingerprint density at radius 2 is 2.23 bits per heavy atom. The van der Waals surface area contributed by atoms with Gasteiger partial charge < -0.3 is 4.74 Å². The molecule has 0 spiro atoms. The molecule has 1 N–H and O–H groups in total. The Bertz CT molecular complexity index is 911. The van der Waals surface area contributed by atoms with E-state index < -0.39 is 0 Å². The molecule has 3 rings (SSSR count). The van der Waals surface area contributed by atoms with Crippen LogP contribution in [0.4, 0.5) is 0 Å². The van der Waals surface area contributed by atoms with Gasteiger partial charge in [0, 0.05) is 37.2 Å². The monoisotopic (exact) mass is 392 g/mol. The van der Waals surface area contributed by atoms with Crippen molar-refractivity contribution in [2.45, 2.75) is 31.0 Å². The predicted octanol–water partition coefficient (Wildman–Crippen LogP) is 3.53. The highest BCUT2D eigenvalue weighted by Gasteiger charge is 2.12. The molecule has 138 valence electrons. The number of nitrogens with zero attached hydrogens (tertiary/aromatic N) is 3. The lowest BCUT2D eigenvalue weighted by Crippen LogP contribution is -2.24. The van der Waals surface area contributed by atoms with E-state index in [9.17, 15) is 4.79 Å². The minimum atomic E-state index is -0.0277. The third-order valence-corrected chi connectivity index (χ3v) is 5.31. The number of H-pyrrole nitrogens is 1. The maximum atomic E-state index is 12.9. The van der Waals surface area contributed by atoms with Gasteiger partial charge in [-0.05, 0) is 43.0 Å². The van der Waals surface area contributed by atoms with E-state index in [1.165, 1.54) is 5.56 Å². The molecule has 0 aliphatic rings. The average Bonchev–Trinajstić information content (AvgIpc) is 3.14. The van der Waals surface area contributed by atoms with Gasteiger partial charge >= 0.3 is 0 Å². The fraction of sp³-hybridized carbons (Fsp3) is 0.389. The Hall–Kier alpha value is -1.83. The van der Waals surface area contributed by atoms with Crippen molar-refractivity contribution in [2.75, 3.05) is 19.5 Å². The van der Waals surface area contributed by atoms with E-state index in [1.54, 1.807) is 41.6 Å². The fourth-order valence-corrected chi connectivity index (χ4v) is 3.83. The summed E-state index contributed by atoms with van der Waals surface area (Å²) < 4.78 is 6.87. The summed E-state index contributed by atoms with van der Waals surface area (Å²) in [6, 6.07) is 5.21. The molecule has 0 saturated heterocycles. The third kappa shape index (κ3) is 4.66. The van der Waals surface area contributed by atoms with Crippen LogP contribution < -0.4 is 5.56 Å². The molecule has 2 aromatic heterocycles. The molecule has 0 unspecified atom stereocenters. The van der Waals surface area contributed by atoms with Crippen molar-refractivity contribution in [1.82, 2.24) is 19.7 Å². The first-order chi connectivity index (χ1) is 12.7. The summed E-state index contributed by atoms with van der Waals surface area (Å²) in [6.45, 7) is 1.19. The van der Waals surface area contributed by atoms with Gasteiger partial charge in [0.15, 0.2) is 5.16 Å². The molecule has 8 heteroatoms. The van der Waals surface area contributed by atoms with Gasteiger partial charge in [0.05, 0.1) is 17.1 Å². The summed E-state index contributed by atoms with van der Waals surface area (Å²) >= 11 is 7.67. The van der Waals surface area contributed by atoms with Crippen LogP contribution in [0.25, 0.3) is 10.9 Å². The largest absolute Gasteiger partial charge is 0.385 e. The SMILES string of the molecule is COCCCn1c(SCCCc2cn[nH]c2)nc2cc(Cl)ccc2c1=O. The number of aromatic amines is 1. The van der Waals surface area contributed by atoms with Crippen LogP contribution in [0.3, 0.4) is 0 Å². The second kappa shape index (κ2) is 9.21. The minimum absolute atomic E-state index is 0.0277. The lowest BCUT2D eigenvalue weighted by atomic mass is 10.2. The highest BCUT2D eigenvalue weighted by atomic mass is 35.5. The highest BCUT2D eigenvalue weighted by Crippen LogP contribution is 2.21. The molecule has 0 radical (unpaired) electrons. The van der Waals surface area contributed by atoms with Gasteiger partial charge in [0.2, 0.25) is 0 Å². The summed E-state index contributed by atoms with van der Waals surface area (Å²) in [5.74, 6) is 0.869. The molecule has 0 amide bonds. The maximum Gasteiger partial charge on any atom is 0.262 e. The lowest BCUT2D eigenvalue weighted by molar-refractivity contribution is 0.189. The predicted molar refractivity (Wildman–Crippen MR) is 105 cm³/mol. The third-order valence-electron chi connectivity index (χ3n) is 4.01. The van der Waals surface area contributed by atoms with Crippen LogP contribution in [0.15, 0.2) is 40.5 Å². The fourth-order valence-electron chi connectivity index (χ4n) is 2.70. The van der Waals surface area contributed by atoms with Gasteiger partial charge in [-0.15, -0.1) is 0 Å². The van der Waals surface area contributed by atoms with Crippen molar-refractivity contribution >= 4 is 34.3 Å². The summed E-state index contributed by atoms with van der Waals surface area (Å²) in [5, 5.41) is 8.68. The molecule has 0 fully saturated rings. The molecule has 1 aromatic carbocycles. The highest BCUT2D eigenvalue weighted by molar-refractivity contribution is 7.99. The normalized spacial score (nSPS) is 11.3. The van der Waals surface area contributed by atoms with Crippen LogP contribution in [0, 0.1) is 0 Å². The molecule has 0 saturated carbocycles. The molecule has 2 heterocycles. The molecule has 6 nitrogen and oxygen atoms in total. The summed E-state index contributed by atoms with van der Waals surface area (Å²) in [6.07, 6.45) is 6.42. The zero-order valence-electron chi connectivity index (χ0n) is 14.6. The van der Waals surface area contributed by atoms with Crippen LogP contribution >= 0.6 is 23.4 Å².